The fourth-order valence-corrected chi connectivity index (χ4v) is 6.87. The molecule has 7 heteroatoms. The van der Waals surface area contributed by atoms with Gasteiger partial charge in [-0.15, -0.1) is 0 Å². The summed E-state index contributed by atoms with van der Waals surface area (Å²) in [7, 11) is 0. The number of hydrogen-bond acceptors (Lipinski definition) is 3. The van der Waals surface area contributed by atoms with E-state index in [0.717, 1.165) is 53.5 Å². The van der Waals surface area contributed by atoms with Crippen molar-refractivity contribution >= 4 is 28.4 Å². The highest BCUT2D eigenvalue weighted by Crippen LogP contribution is 2.68. The van der Waals surface area contributed by atoms with Crippen molar-refractivity contribution in [3.8, 4) is 5.69 Å². The Labute approximate surface area is 213 Å². The highest BCUT2D eigenvalue weighted by atomic mass is 19.1. The van der Waals surface area contributed by atoms with Crippen LogP contribution in [0.2, 0.25) is 0 Å². The summed E-state index contributed by atoms with van der Waals surface area (Å²) in [5, 5.41) is 5.42. The Morgan fingerprint density at radius 2 is 1.68 bits per heavy atom. The van der Waals surface area contributed by atoms with E-state index in [1.165, 1.54) is 12.1 Å². The van der Waals surface area contributed by atoms with Gasteiger partial charge in [0.05, 0.1) is 28.4 Å². The molecular formula is C30H27FN4O2. The molecule has 7 rings (SSSR count). The van der Waals surface area contributed by atoms with Crippen LogP contribution in [0.15, 0.2) is 79.0 Å². The summed E-state index contributed by atoms with van der Waals surface area (Å²) in [6.45, 7) is 0. The van der Waals surface area contributed by atoms with Crippen LogP contribution in [0, 0.1) is 23.1 Å². The van der Waals surface area contributed by atoms with Crippen molar-refractivity contribution in [2.75, 3.05) is 4.90 Å². The number of fused-ring (bicyclic) bond motifs is 1. The summed E-state index contributed by atoms with van der Waals surface area (Å²) in [6.07, 6.45) is 5.57. The van der Waals surface area contributed by atoms with E-state index in [0.29, 0.717) is 6.42 Å². The lowest BCUT2D eigenvalue weighted by atomic mass is 9.67. The van der Waals surface area contributed by atoms with E-state index in [9.17, 15) is 14.0 Å². The Kier molecular flexibility index (Phi) is 4.65. The first kappa shape index (κ1) is 22.2. The van der Waals surface area contributed by atoms with Crippen LogP contribution in [0.1, 0.15) is 37.7 Å². The monoisotopic (exact) mass is 494 g/mol. The number of primary amides is 1. The minimum Gasteiger partial charge on any atom is -0.369 e. The summed E-state index contributed by atoms with van der Waals surface area (Å²) in [5.74, 6) is -0.465. The first-order valence-corrected chi connectivity index (χ1v) is 12.9. The number of nitrogens with zero attached hydrogens (tertiary/aromatic N) is 3. The molecule has 0 unspecified atom stereocenters. The predicted octanol–water partition coefficient (Wildman–Crippen LogP) is 5.09. The highest BCUT2D eigenvalue weighted by molar-refractivity contribution is 6.01. The number of benzene rings is 3. The Morgan fingerprint density at radius 1 is 0.973 bits per heavy atom. The quantitative estimate of drug-likeness (QED) is 0.406. The molecule has 0 spiro atoms. The maximum atomic E-state index is 13.9. The number of hydrogen-bond donors (Lipinski definition) is 1. The Hall–Kier alpha value is -4.00. The van der Waals surface area contributed by atoms with Gasteiger partial charge in [0.25, 0.3) is 0 Å². The third-order valence-electron chi connectivity index (χ3n) is 8.79. The first-order valence-electron chi connectivity index (χ1n) is 12.9. The third kappa shape index (κ3) is 3.12. The Bertz CT molecular complexity index is 1540. The van der Waals surface area contributed by atoms with Crippen molar-refractivity contribution in [2.45, 2.75) is 37.6 Å². The van der Waals surface area contributed by atoms with Crippen LogP contribution in [-0.2, 0) is 15.1 Å². The van der Waals surface area contributed by atoms with Crippen molar-refractivity contribution in [3.05, 3.63) is 90.4 Å². The number of amides is 2. The van der Waals surface area contributed by atoms with E-state index in [4.69, 9.17) is 5.73 Å². The molecule has 2 saturated carbocycles. The number of carbonyl (C=O) groups excluding carboxylic acids is 2. The Morgan fingerprint density at radius 3 is 2.32 bits per heavy atom. The van der Waals surface area contributed by atoms with Crippen molar-refractivity contribution in [2.24, 2.45) is 23.0 Å². The molecule has 4 aromatic rings. The number of nitrogens with two attached hydrogens (primary N) is 1. The zero-order valence-electron chi connectivity index (χ0n) is 20.3. The van der Waals surface area contributed by atoms with E-state index in [2.05, 4.69) is 17.2 Å². The van der Waals surface area contributed by atoms with Crippen LogP contribution in [0.5, 0.6) is 0 Å². The Balaban J connectivity index is 1.39. The predicted molar refractivity (Wildman–Crippen MR) is 138 cm³/mol. The maximum absolute atomic E-state index is 13.9. The average Bonchev–Trinajstić information content (AvgIpc) is 3.84. The average molecular weight is 495 g/mol. The van der Waals surface area contributed by atoms with Gasteiger partial charge >= 0.3 is 0 Å². The van der Waals surface area contributed by atoms with Crippen molar-refractivity contribution in [3.63, 3.8) is 0 Å². The molecule has 0 radical (unpaired) electrons. The molecule has 2 amide bonds. The van der Waals surface area contributed by atoms with E-state index < -0.39 is 11.0 Å². The molecular weight excluding hydrogens is 467 g/mol. The maximum Gasteiger partial charge on any atom is 0.228 e. The van der Waals surface area contributed by atoms with Gasteiger partial charge in [-0.1, -0.05) is 30.3 Å². The standard InChI is InChI=1S/C30H27FN4O2/c31-22-8-10-23(11-9-22)35-25-13-12-24(16-19(25)18-33-35)34-27(36)17-26(29(14-15-29)28(32)37)30(34,21-6-7-21)20-4-2-1-3-5-20/h1-5,8-13,16,18,21,26H,6-7,14-15,17H2,(H2,32,37)/t26-,30-/m1/s1. The van der Waals surface area contributed by atoms with Gasteiger partial charge in [-0.05, 0) is 79.6 Å². The molecule has 3 fully saturated rings. The fraction of sp³-hybridized carbons (Fsp3) is 0.300. The van der Waals surface area contributed by atoms with E-state index in [-0.39, 0.29) is 29.5 Å². The molecule has 6 nitrogen and oxygen atoms in total. The summed E-state index contributed by atoms with van der Waals surface area (Å²) in [4.78, 5) is 28.7. The van der Waals surface area contributed by atoms with Crippen LogP contribution in [0.4, 0.5) is 10.1 Å². The van der Waals surface area contributed by atoms with Gasteiger partial charge in [0.1, 0.15) is 5.82 Å². The fourth-order valence-electron chi connectivity index (χ4n) is 6.87. The van der Waals surface area contributed by atoms with Crippen LogP contribution < -0.4 is 10.6 Å². The van der Waals surface area contributed by atoms with Crippen molar-refractivity contribution in [1.82, 2.24) is 9.78 Å². The number of aromatic nitrogens is 2. The summed E-state index contributed by atoms with van der Waals surface area (Å²) in [5.41, 5.74) is 8.24. The molecule has 1 aromatic heterocycles. The van der Waals surface area contributed by atoms with Gasteiger partial charge < -0.3 is 10.6 Å². The molecule has 1 aliphatic heterocycles. The zero-order chi connectivity index (χ0) is 25.4. The lowest BCUT2D eigenvalue weighted by Gasteiger charge is -2.45. The van der Waals surface area contributed by atoms with Gasteiger partial charge in [0, 0.05) is 23.4 Å². The number of rotatable bonds is 6. The lowest BCUT2D eigenvalue weighted by molar-refractivity contribution is -0.126. The molecule has 1 saturated heterocycles. The molecule has 2 atom stereocenters. The van der Waals surface area contributed by atoms with Gasteiger partial charge in [-0.25, -0.2) is 9.07 Å². The summed E-state index contributed by atoms with van der Waals surface area (Å²) in [6, 6.07) is 22.3. The SMILES string of the molecule is NC(=O)C1([C@H]2CC(=O)N(c3ccc4c(cnn4-c4ccc(F)cc4)c3)[C@]2(c2ccccc2)C2CC2)CC1. The normalized spacial score (nSPS) is 24.5. The van der Waals surface area contributed by atoms with E-state index >= 15 is 0 Å². The van der Waals surface area contributed by atoms with Gasteiger partial charge in [-0.2, -0.15) is 5.10 Å². The molecule has 2 N–H and O–H groups in total. The van der Waals surface area contributed by atoms with E-state index in [1.807, 2.05) is 41.3 Å². The second kappa shape index (κ2) is 7.75. The zero-order valence-corrected chi connectivity index (χ0v) is 20.3. The largest absolute Gasteiger partial charge is 0.369 e. The summed E-state index contributed by atoms with van der Waals surface area (Å²) >= 11 is 0. The van der Waals surface area contributed by atoms with Crippen LogP contribution in [-0.4, -0.2) is 21.6 Å². The highest BCUT2D eigenvalue weighted by Gasteiger charge is 2.71. The summed E-state index contributed by atoms with van der Waals surface area (Å²) < 4.78 is 15.2. The van der Waals surface area contributed by atoms with Crippen molar-refractivity contribution < 1.29 is 14.0 Å². The molecule has 2 heterocycles. The van der Waals surface area contributed by atoms with Gasteiger partial charge in [0.15, 0.2) is 0 Å². The minimum atomic E-state index is -0.638. The third-order valence-corrected chi connectivity index (χ3v) is 8.79. The second-order valence-corrected chi connectivity index (χ2v) is 10.7. The second-order valence-electron chi connectivity index (χ2n) is 10.7. The smallest absolute Gasteiger partial charge is 0.228 e. The first-order chi connectivity index (χ1) is 17.9. The number of halogens is 1. The molecule has 3 aromatic carbocycles. The number of carbonyl (C=O) groups is 2. The van der Waals surface area contributed by atoms with Gasteiger partial charge in [0.2, 0.25) is 11.8 Å². The van der Waals surface area contributed by atoms with Crippen LogP contribution in [0.25, 0.3) is 16.6 Å². The lowest BCUT2D eigenvalue weighted by Crippen LogP contribution is -2.52. The molecule has 37 heavy (non-hydrogen) atoms. The molecule has 0 bridgehead atoms. The molecule has 186 valence electrons. The number of anilines is 1. The van der Waals surface area contributed by atoms with Gasteiger partial charge in [-0.3, -0.25) is 9.59 Å². The topological polar surface area (TPSA) is 81.2 Å². The minimum absolute atomic E-state index is 0.0264. The van der Waals surface area contributed by atoms with E-state index in [1.54, 1.807) is 23.0 Å². The van der Waals surface area contributed by atoms with Crippen molar-refractivity contribution in [1.29, 1.82) is 0 Å². The van der Waals surface area contributed by atoms with Crippen LogP contribution in [0.3, 0.4) is 0 Å². The van der Waals surface area contributed by atoms with Crippen LogP contribution >= 0.6 is 0 Å². The molecule has 2 aliphatic carbocycles. The molecule has 3 aliphatic rings.